The van der Waals surface area contributed by atoms with E-state index in [4.69, 9.17) is 0 Å². The fourth-order valence-electron chi connectivity index (χ4n) is 1.42. The van der Waals surface area contributed by atoms with Crippen LogP contribution < -0.4 is 5.32 Å². The van der Waals surface area contributed by atoms with E-state index in [2.05, 4.69) is 62.5 Å². The highest BCUT2D eigenvalue weighted by atomic mass is 14.8. The van der Waals surface area contributed by atoms with E-state index in [0.29, 0.717) is 0 Å². The van der Waals surface area contributed by atoms with Gasteiger partial charge in [-0.1, -0.05) is 50.3 Å². The molecule has 1 rings (SSSR count). The van der Waals surface area contributed by atoms with Crippen molar-refractivity contribution in [2.75, 3.05) is 13.1 Å². The predicted octanol–water partition coefficient (Wildman–Crippen LogP) is 3.25. The van der Waals surface area contributed by atoms with Gasteiger partial charge in [-0.3, -0.25) is 0 Å². The summed E-state index contributed by atoms with van der Waals surface area (Å²) in [5.41, 5.74) is 2.64. The standard InChI is InChI=1S/C14H21N/c1-12(2)11-15-10-6-9-14-8-5-4-7-13(14)3/h4-9,12,15H,10-11H2,1-3H3. The molecule has 1 nitrogen and oxygen atoms in total. The van der Waals surface area contributed by atoms with Gasteiger partial charge in [0.15, 0.2) is 0 Å². The number of nitrogens with one attached hydrogen (secondary N) is 1. The quantitative estimate of drug-likeness (QED) is 0.724. The Morgan fingerprint density at radius 1 is 1.27 bits per heavy atom. The van der Waals surface area contributed by atoms with Gasteiger partial charge in [0.25, 0.3) is 0 Å². The van der Waals surface area contributed by atoms with Crippen molar-refractivity contribution in [3.63, 3.8) is 0 Å². The van der Waals surface area contributed by atoms with Crippen LogP contribution in [0.3, 0.4) is 0 Å². The highest BCUT2D eigenvalue weighted by Gasteiger charge is 1.91. The third-order valence-electron chi connectivity index (χ3n) is 2.30. The first-order valence-electron chi connectivity index (χ1n) is 5.63. The number of hydrogen-bond acceptors (Lipinski definition) is 1. The van der Waals surface area contributed by atoms with E-state index in [9.17, 15) is 0 Å². The van der Waals surface area contributed by atoms with Crippen LogP contribution in [0.2, 0.25) is 0 Å². The molecule has 0 spiro atoms. The monoisotopic (exact) mass is 203 g/mol. The van der Waals surface area contributed by atoms with Crippen LogP contribution in [-0.4, -0.2) is 13.1 Å². The Morgan fingerprint density at radius 3 is 2.67 bits per heavy atom. The molecule has 0 radical (unpaired) electrons. The molecule has 0 heterocycles. The molecule has 0 atom stereocenters. The molecule has 0 aliphatic carbocycles. The molecular formula is C14H21N. The summed E-state index contributed by atoms with van der Waals surface area (Å²) in [6.07, 6.45) is 4.37. The summed E-state index contributed by atoms with van der Waals surface area (Å²) in [5.74, 6) is 0.719. The molecule has 1 N–H and O–H groups in total. The molecule has 15 heavy (non-hydrogen) atoms. The van der Waals surface area contributed by atoms with E-state index >= 15 is 0 Å². The average Bonchev–Trinajstić information content (AvgIpc) is 2.20. The Balaban J connectivity index is 2.35. The normalized spacial score (nSPS) is 11.5. The van der Waals surface area contributed by atoms with Gasteiger partial charge in [-0.25, -0.2) is 0 Å². The maximum Gasteiger partial charge on any atom is 0.0138 e. The van der Waals surface area contributed by atoms with Crippen molar-refractivity contribution in [1.29, 1.82) is 0 Å². The molecule has 1 aromatic rings. The lowest BCUT2D eigenvalue weighted by molar-refractivity contribution is 0.577. The van der Waals surface area contributed by atoms with Crippen LogP contribution in [0.15, 0.2) is 30.3 Å². The van der Waals surface area contributed by atoms with E-state index in [1.807, 2.05) is 0 Å². The second kappa shape index (κ2) is 6.41. The van der Waals surface area contributed by atoms with Crippen molar-refractivity contribution < 1.29 is 0 Å². The number of hydrogen-bond donors (Lipinski definition) is 1. The number of aryl methyl sites for hydroxylation is 1. The second-order valence-electron chi connectivity index (χ2n) is 4.31. The molecule has 82 valence electrons. The maximum atomic E-state index is 3.39. The first kappa shape index (κ1) is 12.0. The third-order valence-corrected chi connectivity index (χ3v) is 2.30. The topological polar surface area (TPSA) is 12.0 Å². The summed E-state index contributed by atoms with van der Waals surface area (Å²) in [4.78, 5) is 0. The molecule has 0 amide bonds. The SMILES string of the molecule is Cc1ccccc1C=CCNCC(C)C. The molecule has 1 heteroatoms. The van der Waals surface area contributed by atoms with E-state index in [0.717, 1.165) is 19.0 Å². The molecule has 0 unspecified atom stereocenters. The highest BCUT2D eigenvalue weighted by Crippen LogP contribution is 2.08. The van der Waals surface area contributed by atoms with Crippen molar-refractivity contribution in [1.82, 2.24) is 5.32 Å². The highest BCUT2D eigenvalue weighted by molar-refractivity contribution is 5.53. The lowest BCUT2D eigenvalue weighted by Crippen LogP contribution is -2.19. The first-order chi connectivity index (χ1) is 7.20. The fraction of sp³-hybridized carbons (Fsp3) is 0.429. The van der Waals surface area contributed by atoms with Crippen LogP contribution in [0.25, 0.3) is 6.08 Å². The number of rotatable bonds is 5. The van der Waals surface area contributed by atoms with Gasteiger partial charge in [0.05, 0.1) is 0 Å². The zero-order valence-corrected chi connectivity index (χ0v) is 9.96. The van der Waals surface area contributed by atoms with Gasteiger partial charge in [-0.2, -0.15) is 0 Å². The van der Waals surface area contributed by atoms with Gasteiger partial charge in [-0.15, -0.1) is 0 Å². The molecule has 0 aliphatic rings. The third kappa shape index (κ3) is 4.80. The van der Waals surface area contributed by atoms with Crippen LogP contribution in [-0.2, 0) is 0 Å². The van der Waals surface area contributed by atoms with E-state index < -0.39 is 0 Å². The smallest absolute Gasteiger partial charge is 0.0138 e. The van der Waals surface area contributed by atoms with Crippen LogP contribution in [0.4, 0.5) is 0 Å². The number of benzene rings is 1. The molecule has 0 saturated carbocycles. The molecule has 1 aromatic carbocycles. The molecule has 0 aromatic heterocycles. The van der Waals surface area contributed by atoms with Crippen molar-refractivity contribution >= 4 is 6.08 Å². The molecule has 0 aliphatic heterocycles. The minimum Gasteiger partial charge on any atom is -0.313 e. The zero-order valence-electron chi connectivity index (χ0n) is 9.96. The average molecular weight is 203 g/mol. The lowest BCUT2D eigenvalue weighted by atomic mass is 10.1. The molecular weight excluding hydrogens is 182 g/mol. The van der Waals surface area contributed by atoms with E-state index in [-0.39, 0.29) is 0 Å². The van der Waals surface area contributed by atoms with Crippen LogP contribution in [0.5, 0.6) is 0 Å². The van der Waals surface area contributed by atoms with Gasteiger partial charge >= 0.3 is 0 Å². The van der Waals surface area contributed by atoms with Gasteiger partial charge in [-0.05, 0) is 30.5 Å². The van der Waals surface area contributed by atoms with E-state index in [1.165, 1.54) is 11.1 Å². The largest absolute Gasteiger partial charge is 0.313 e. The summed E-state index contributed by atoms with van der Waals surface area (Å²) in [6.45, 7) is 8.61. The van der Waals surface area contributed by atoms with Gasteiger partial charge in [0.1, 0.15) is 0 Å². The van der Waals surface area contributed by atoms with Crippen LogP contribution >= 0.6 is 0 Å². The first-order valence-corrected chi connectivity index (χ1v) is 5.63. The molecule has 0 fully saturated rings. The van der Waals surface area contributed by atoms with Gasteiger partial charge < -0.3 is 5.32 Å². The Labute approximate surface area is 93.2 Å². The summed E-state index contributed by atoms with van der Waals surface area (Å²) in [7, 11) is 0. The Kier molecular flexibility index (Phi) is 5.13. The minimum atomic E-state index is 0.719. The van der Waals surface area contributed by atoms with Crippen LogP contribution in [0.1, 0.15) is 25.0 Å². The molecule has 0 bridgehead atoms. The van der Waals surface area contributed by atoms with E-state index in [1.54, 1.807) is 0 Å². The van der Waals surface area contributed by atoms with Gasteiger partial charge in [0.2, 0.25) is 0 Å². The Bertz CT molecular complexity index is 313. The fourth-order valence-corrected chi connectivity index (χ4v) is 1.42. The summed E-state index contributed by atoms with van der Waals surface area (Å²) in [6, 6.07) is 8.44. The van der Waals surface area contributed by atoms with Crippen molar-refractivity contribution in [3.8, 4) is 0 Å². The van der Waals surface area contributed by atoms with Crippen molar-refractivity contribution in [3.05, 3.63) is 41.5 Å². The maximum absolute atomic E-state index is 3.39. The van der Waals surface area contributed by atoms with Crippen LogP contribution in [0, 0.1) is 12.8 Å². The van der Waals surface area contributed by atoms with Crippen molar-refractivity contribution in [2.24, 2.45) is 5.92 Å². The van der Waals surface area contributed by atoms with Gasteiger partial charge in [0, 0.05) is 6.54 Å². The van der Waals surface area contributed by atoms with Crippen molar-refractivity contribution in [2.45, 2.75) is 20.8 Å². The predicted molar refractivity (Wildman–Crippen MR) is 67.9 cm³/mol. The Morgan fingerprint density at radius 2 is 2.00 bits per heavy atom. The summed E-state index contributed by atoms with van der Waals surface area (Å²) in [5, 5.41) is 3.39. The lowest BCUT2D eigenvalue weighted by Gasteiger charge is -2.04. The summed E-state index contributed by atoms with van der Waals surface area (Å²) >= 11 is 0. The minimum absolute atomic E-state index is 0.719. The summed E-state index contributed by atoms with van der Waals surface area (Å²) < 4.78 is 0. The molecule has 0 saturated heterocycles. The second-order valence-corrected chi connectivity index (χ2v) is 4.31. The zero-order chi connectivity index (χ0) is 11.1. The Hall–Kier alpha value is -1.08.